The van der Waals surface area contributed by atoms with Crippen LogP contribution in [0, 0.1) is 12.8 Å². The fraction of sp³-hybridized carbons (Fsp3) is 0.625. The minimum atomic E-state index is 0.889. The maximum atomic E-state index is 3.23. The van der Waals surface area contributed by atoms with E-state index in [-0.39, 0.29) is 0 Å². The molecular weight excluding hydrogens is 220 g/mol. The Bertz CT molecular complexity index is 387. The zero-order chi connectivity index (χ0) is 13.0. The van der Waals surface area contributed by atoms with Gasteiger partial charge in [0.05, 0.1) is 0 Å². The van der Waals surface area contributed by atoms with E-state index in [4.69, 9.17) is 0 Å². The molecule has 1 aliphatic heterocycles. The Hall–Kier alpha value is -1.02. The van der Waals surface area contributed by atoms with Crippen LogP contribution in [0.1, 0.15) is 37.3 Å². The topological polar surface area (TPSA) is 15.3 Å². The van der Waals surface area contributed by atoms with E-state index in [9.17, 15) is 0 Å². The monoisotopic (exact) mass is 246 g/mol. The van der Waals surface area contributed by atoms with E-state index in [1.54, 1.807) is 0 Å². The van der Waals surface area contributed by atoms with Gasteiger partial charge in [-0.15, -0.1) is 0 Å². The van der Waals surface area contributed by atoms with Gasteiger partial charge in [-0.3, -0.25) is 0 Å². The van der Waals surface area contributed by atoms with Crippen LogP contribution in [0.5, 0.6) is 0 Å². The third-order valence-corrected chi connectivity index (χ3v) is 4.08. The Morgan fingerprint density at radius 1 is 1.28 bits per heavy atom. The van der Waals surface area contributed by atoms with Crippen LogP contribution in [0.4, 0.5) is 5.69 Å². The molecule has 1 atom stereocenters. The number of rotatable bonds is 3. The summed E-state index contributed by atoms with van der Waals surface area (Å²) in [6, 6.07) is 6.91. The molecule has 2 heteroatoms. The summed E-state index contributed by atoms with van der Waals surface area (Å²) in [4.78, 5) is 2.56. The molecule has 1 unspecified atom stereocenters. The van der Waals surface area contributed by atoms with E-state index in [0.29, 0.717) is 0 Å². The molecule has 0 aromatic heterocycles. The summed E-state index contributed by atoms with van der Waals surface area (Å²) in [5.41, 5.74) is 4.21. The third-order valence-electron chi connectivity index (χ3n) is 4.08. The molecule has 1 aliphatic rings. The molecule has 2 nitrogen and oxygen atoms in total. The summed E-state index contributed by atoms with van der Waals surface area (Å²) in [7, 11) is 2.00. The number of anilines is 1. The normalized spacial score (nSPS) is 20.8. The van der Waals surface area contributed by atoms with Crippen molar-refractivity contribution in [3.8, 4) is 0 Å². The number of benzene rings is 1. The lowest BCUT2D eigenvalue weighted by Crippen LogP contribution is -2.24. The average molecular weight is 246 g/mol. The van der Waals surface area contributed by atoms with Gasteiger partial charge in [-0.1, -0.05) is 13.0 Å². The molecule has 1 aromatic carbocycles. The molecule has 1 aromatic rings. The first-order valence-corrected chi connectivity index (χ1v) is 7.20. The minimum Gasteiger partial charge on any atom is -0.372 e. The van der Waals surface area contributed by atoms with E-state index >= 15 is 0 Å². The van der Waals surface area contributed by atoms with Crippen molar-refractivity contribution in [1.29, 1.82) is 0 Å². The van der Waals surface area contributed by atoms with Crippen molar-refractivity contribution in [1.82, 2.24) is 5.32 Å². The predicted octanol–water partition coefficient (Wildman–Crippen LogP) is 3.34. The van der Waals surface area contributed by atoms with Crippen LogP contribution in [0.15, 0.2) is 18.2 Å². The van der Waals surface area contributed by atoms with E-state index in [1.807, 2.05) is 7.05 Å². The average Bonchev–Trinajstić information content (AvgIpc) is 2.57. The molecule has 0 spiro atoms. The lowest BCUT2D eigenvalue weighted by Gasteiger charge is -2.24. The van der Waals surface area contributed by atoms with E-state index < -0.39 is 0 Å². The highest BCUT2D eigenvalue weighted by Crippen LogP contribution is 2.24. The van der Waals surface area contributed by atoms with Gasteiger partial charge in [0, 0.05) is 25.3 Å². The summed E-state index contributed by atoms with van der Waals surface area (Å²) in [5, 5.41) is 3.23. The van der Waals surface area contributed by atoms with Crippen LogP contribution < -0.4 is 10.2 Å². The standard InChI is InChI=1S/C16H26N2/c1-13-5-4-9-18(10-8-13)16-7-6-15(12-17-3)14(2)11-16/h6-7,11,13,17H,4-5,8-10,12H2,1-3H3. The molecule has 2 rings (SSSR count). The number of nitrogens with zero attached hydrogens (tertiary/aromatic N) is 1. The second kappa shape index (κ2) is 6.24. The number of hydrogen-bond donors (Lipinski definition) is 1. The van der Waals surface area contributed by atoms with Gasteiger partial charge in [-0.25, -0.2) is 0 Å². The van der Waals surface area contributed by atoms with Crippen LogP contribution in [0.3, 0.4) is 0 Å². The number of hydrogen-bond acceptors (Lipinski definition) is 2. The highest BCUT2D eigenvalue weighted by Gasteiger charge is 2.14. The van der Waals surface area contributed by atoms with Gasteiger partial charge in [-0.05, 0) is 62.4 Å². The summed E-state index contributed by atoms with van der Waals surface area (Å²) in [5.74, 6) is 0.889. The fourth-order valence-electron chi connectivity index (χ4n) is 2.79. The maximum Gasteiger partial charge on any atom is 0.0369 e. The first-order valence-electron chi connectivity index (χ1n) is 7.20. The van der Waals surface area contributed by atoms with Crippen molar-refractivity contribution in [2.75, 3.05) is 25.0 Å². The molecule has 1 heterocycles. The third kappa shape index (κ3) is 3.26. The summed E-state index contributed by atoms with van der Waals surface area (Å²) in [6.45, 7) is 7.99. The molecule has 18 heavy (non-hydrogen) atoms. The summed E-state index contributed by atoms with van der Waals surface area (Å²) >= 11 is 0. The van der Waals surface area contributed by atoms with Gasteiger partial charge in [0.25, 0.3) is 0 Å². The largest absolute Gasteiger partial charge is 0.372 e. The lowest BCUT2D eigenvalue weighted by atomic mass is 10.0. The van der Waals surface area contributed by atoms with Crippen LogP contribution in [-0.2, 0) is 6.54 Å². The number of aryl methyl sites for hydroxylation is 1. The van der Waals surface area contributed by atoms with Crippen LogP contribution >= 0.6 is 0 Å². The molecule has 0 amide bonds. The van der Waals surface area contributed by atoms with Gasteiger partial charge >= 0.3 is 0 Å². The van der Waals surface area contributed by atoms with Crippen molar-refractivity contribution < 1.29 is 0 Å². The first kappa shape index (κ1) is 13.4. The zero-order valence-corrected chi connectivity index (χ0v) is 12.0. The molecule has 0 saturated carbocycles. The highest BCUT2D eigenvalue weighted by atomic mass is 15.1. The van der Waals surface area contributed by atoms with E-state index in [1.165, 1.54) is 49.2 Å². The molecule has 0 aliphatic carbocycles. The van der Waals surface area contributed by atoms with Crippen molar-refractivity contribution >= 4 is 5.69 Å². The molecule has 1 saturated heterocycles. The minimum absolute atomic E-state index is 0.889. The molecular formula is C16H26N2. The maximum absolute atomic E-state index is 3.23. The van der Waals surface area contributed by atoms with Crippen LogP contribution in [0.2, 0.25) is 0 Å². The summed E-state index contributed by atoms with van der Waals surface area (Å²) < 4.78 is 0. The quantitative estimate of drug-likeness (QED) is 0.880. The molecule has 0 bridgehead atoms. The Morgan fingerprint density at radius 2 is 2.11 bits per heavy atom. The van der Waals surface area contributed by atoms with Crippen molar-refractivity contribution in [2.45, 2.75) is 39.7 Å². The van der Waals surface area contributed by atoms with Crippen molar-refractivity contribution in [3.05, 3.63) is 29.3 Å². The van der Waals surface area contributed by atoms with Gasteiger partial charge in [-0.2, -0.15) is 0 Å². The smallest absolute Gasteiger partial charge is 0.0369 e. The molecule has 1 N–H and O–H groups in total. The number of nitrogens with one attached hydrogen (secondary N) is 1. The van der Waals surface area contributed by atoms with Crippen molar-refractivity contribution in [3.63, 3.8) is 0 Å². The first-order chi connectivity index (χ1) is 8.70. The van der Waals surface area contributed by atoms with Crippen LogP contribution in [-0.4, -0.2) is 20.1 Å². The van der Waals surface area contributed by atoms with Gasteiger partial charge in [0.15, 0.2) is 0 Å². The van der Waals surface area contributed by atoms with Crippen molar-refractivity contribution in [2.24, 2.45) is 5.92 Å². The van der Waals surface area contributed by atoms with Gasteiger partial charge in [0.2, 0.25) is 0 Å². The Balaban J connectivity index is 2.10. The van der Waals surface area contributed by atoms with Gasteiger partial charge < -0.3 is 10.2 Å². The SMILES string of the molecule is CNCc1ccc(N2CCCC(C)CC2)cc1C. The molecule has 0 radical (unpaired) electrons. The molecule has 1 fully saturated rings. The van der Waals surface area contributed by atoms with E-state index in [2.05, 4.69) is 42.3 Å². The second-order valence-corrected chi connectivity index (χ2v) is 5.66. The Kier molecular flexibility index (Phi) is 4.65. The van der Waals surface area contributed by atoms with Gasteiger partial charge in [0.1, 0.15) is 0 Å². The predicted molar refractivity (Wildman–Crippen MR) is 79.2 cm³/mol. The highest BCUT2D eigenvalue weighted by molar-refractivity contribution is 5.51. The summed E-state index contributed by atoms with van der Waals surface area (Å²) in [6.07, 6.45) is 4.04. The fourth-order valence-corrected chi connectivity index (χ4v) is 2.79. The van der Waals surface area contributed by atoms with Crippen LogP contribution in [0.25, 0.3) is 0 Å². The Morgan fingerprint density at radius 3 is 2.83 bits per heavy atom. The lowest BCUT2D eigenvalue weighted by molar-refractivity contribution is 0.521. The van der Waals surface area contributed by atoms with E-state index in [0.717, 1.165) is 12.5 Å². The molecule has 100 valence electrons. The zero-order valence-electron chi connectivity index (χ0n) is 12.0. The second-order valence-electron chi connectivity index (χ2n) is 5.66. The Labute approximate surface area is 111 Å².